The number of amides is 1. The second-order valence-electron chi connectivity index (χ2n) is 7.13. The van der Waals surface area contributed by atoms with Gasteiger partial charge in [-0.05, 0) is 55.3 Å². The molecule has 0 radical (unpaired) electrons. The molecule has 0 bridgehead atoms. The molecule has 1 amide bonds. The van der Waals surface area contributed by atoms with Crippen molar-refractivity contribution in [2.24, 2.45) is 0 Å². The Kier molecular flexibility index (Phi) is 6.23. The van der Waals surface area contributed by atoms with Gasteiger partial charge < -0.3 is 9.08 Å². The van der Waals surface area contributed by atoms with Gasteiger partial charge in [0.1, 0.15) is 5.75 Å². The van der Waals surface area contributed by atoms with Gasteiger partial charge in [-0.3, -0.25) is 4.79 Å². The molecule has 0 aliphatic carbocycles. The van der Waals surface area contributed by atoms with E-state index in [-0.39, 0.29) is 23.5 Å². The van der Waals surface area contributed by atoms with Gasteiger partial charge in [-0.15, -0.1) is 0 Å². The summed E-state index contributed by atoms with van der Waals surface area (Å²) >= 11 is 0. The highest BCUT2D eigenvalue weighted by atomic mass is 32.2. The van der Waals surface area contributed by atoms with Crippen molar-refractivity contribution in [2.75, 3.05) is 5.75 Å². The van der Waals surface area contributed by atoms with Gasteiger partial charge >= 0.3 is 10.1 Å². The molecule has 0 saturated heterocycles. The van der Waals surface area contributed by atoms with Crippen LogP contribution >= 0.6 is 0 Å². The highest BCUT2D eigenvalue weighted by Gasteiger charge is 2.21. The van der Waals surface area contributed by atoms with E-state index in [1.54, 1.807) is 29.2 Å². The number of rotatable bonds is 7. The monoisotopic (exact) mass is 411 g/mol. The number of nitrogens with zero attached hydrogens (tertiary/aromatic N) is 1. The Bertz CT molecular complexity index is 1100. The summed E-state index contributed by atoms with van der Waals surface area (Å²) in [7, 11) is -3.56. The average molecular weight is 412 g/mol. The maximum Gasteiger partial charge on any atom is 0.308 e. The summed E-state index contributed by atoms with van der Waals surface area (Å²) in [5.74, 6) is 0.146. The predicted molar refractivity (Wildman–Crippen MR) is 115 cm³/mol. The van der Waals surface area contributed by atoms with Crippen LogP contribution in [0.2, 0.25) is 0 Å². The molecule has 6 heteroatoms. The zero-order valence-electron chi connectivity index (χ0n) is 16.8. The van der Waals surface area contributed by atoms with E-state index >= 15 is 0 Å². The molecule has 0 unspecified atom stereocenters. The molecule has 0 saturated carbocycles. The Morgan fingerprint density at radius 2 is 1.62 bits per heavy atom. The third kappa shape index (κ3) is 4.95. The van der Waals surface area contributed by atoms with Crippen molar-refractivity contribution >= 4 is 26.8 Å². The Hall–Kier alpha value is -2.86. The molecule has 0 aliphatic heterocycles. The van der Waals surface area contributed by atoms with Crippen LogP contribution in [0.3, 0.4) is 0 Å². The van der Waals surface area contributed by atoms with Crippen LogP contribution < -0.4 is 4.18 Å². The highest BCUT2D eigenvalue weighted by Crippen LogP contribution is 2.23. The quantitative estimate of drug-likeness (QED) is 0.532. The normalized spacial score (nSPS) is 11.6. The number of hydrogen-bond acceptors (Lipinski definition) is 4. The molecule has 152 valence electrons. The van der Waals surface area contributed by atoms with Gasteiger partial charge in [0.15, 0.2) is 0 Å². The van der Waals surface area contributed by atoms with Gasteiger partial charge in [0.2, 0.25) is 0 Å². The largest absolute Gasteiger partial charge is 0.382 e. The summed E-state index contributed by atoms with van der Waals surface area (Å²) in [6.45, 7) is 5.91. The van der Waals surface area contributed by atoms with E-state index < -0.39 is 10.1 Å². The third-order valence-corrected chi connectivity index (χ3v) is 5.91. The summed E-state index contributed by atoms with van der Waals surface area (Å²) in [6, 6.07) is 20.4. The molecule has 5 nitrogen and oxygen atoms in total. The number of hydrogen-bond donors (Lipinski definition) is 0. The zero-order valence-corrected chi connectivity index (χ0v) is 17.6. The molecule has 3 rings (SSSR count). The van der Waals surface area contributed by atoms with E-state index in [4.69, 9.17) is 4.18 Å². The number of benzene rings is 3. The molecule has 0 atom stereocenters. The lowest BCUT2D eigenvalue weighted by molar-refractivity contribution is 0.0692. The van der Waals surface area contributed by atoms with Crippen LogP contribution in [0.15, 0.2) is 66.7 Å². The topological polar surface area (TPSA) is 63.7 Å². The Morgan fingerprint density at radius 1 is 0.966 bits per heavy atom. The van der Waals surface area contributed by atoms with E-state index in [9.17, 15) is 13.2 Å². The van der Waals surface area contributed by atoms with Crippen LogP contribution in [0, 0.1) is 0 Å². The first-order chi connectivity index (χ1) is 13.8. The molecule has 0 spiro atoms. The van der Waals surface area contributed by atoms with Gasteiger partial charge in [-0.1, -0.05) is 48.5 Å². The van der Waals surface area contributed by atoms with Crippen LogP contribution in [0.1, 0.15) is 36.7 Å². The Balaban J connectivity index is 1.84. The van der Waals surface area contributed by atoms with E-state index in [0.29, 0.717) is 12.1 Å². The Labute approximate surface area is 172 Å². The SMILES string of the molecule is CCS(=O)(=O)Oc1ccc(CN(C(=O)c2cccc3ccccc23)C(C)C)cc1. The first-order valence-electron chi connectivity index (χ1n) is 9.60. The smallest absolute Gasteiger partial charge is 0.308 e. The van der Waals surface area contributed by atoms with Crippen molar-refractivity contribution in [1.29, 1.82) is 0 Å². The molecular weight excluding hydrogens is 386 g/mol. The maximum absolute atomic E-state index is 13.3. The van der Waals surface area contributed by atoms with Gasteiger partial charge in [0.05, 0.1) is 5.75 Å². The second kappa shape index (κ2) is 8.66. The molecule has 0 fully saturated rings. The lowest BCUT2D eigenvalue weighted by Crippen LogP contribution is -2.36. The van der Waals surface area contributed by atoms with Crippen molar-refractivity contribution < 1.29 is 17.4 Å². The maximum atomic E-state index is 13.3. The summed E-state index contributed by atoms with van der Waals surface area (Å²) < 4.78 is 28.2. The van der Waals surface area contributed by atoms with Crippen molar-refractivity contribution in [3.63, 3.8) is 0 Å². The van der Waals surface area contributed by atoms with E-state index in [1.165, 1.54) is 6.92 Å². The summed E-state index contributed by atoms with van der Waals surface area (Å²) in [5, 5.41) is 1.96. The number of carbonyl (C=O) groups is 1. The van der Waals surface area contributed by atoms with Crippen LogP contribution in [-0.2, 0) is 16.7 Å². The van der Waals surface area contributed by atoms with E-state index in [1.807, 2.05) is 56.3 Å². The average Bonchev–Trinajstić information content (AvgIpc) is 2.72. The van der Waals surface area contributed by atoms with Gasteiger partial charge in [-0.2, -0.15) is 8.42 Å². The van der Waals surface area contributed by atoms with Gasteiger partial charge in [-0.25, -0.2) is 0 Å². The molecule has 0 N–H and O–H groups in total. The molecule has 29 heavy (non-hydrogen) atoms. The van der Waals surface area contributed by atoms with Crippen LogP contribution in [0.25, 0.3) is 10.8 Å². The molecule has 0 heterocycles. The summed E-state index contributed by atoms with van der Waals surface area (Å²) in [4.78, 5) is 15.1. The predicted octanol–water partition coefficient (Wildman–Crippen LogP) is 4.62. The lowest BCUT2D eigenvalue weighted by atomic mass is 10.0. The number of carbonyl (C=O) groups excluding carboxylic acids is 1. The van der Waals surface area contributed by atoms with Gasteiger partial charge in [0.25, 0.3) is 5.91 Å². The fourth-order valence-electron chi connectivity index (χ4n) is 3.11. The minimum Gasteiger partial charge on any atom is -0.382 e. The number of fused-ring (bicyclic) bond motifs is 1. The lowest BCUT2D eigenvalue weighted by Gasteiger charge is -2.27. The molecule has 0 aliphatic rings. The summed E-state index contributed by atoms with van der Waals surface area (Å²) in [6.07, 6.45) is 0. The fourth-order valence-corrected chi connectivity index (χ4v) is 3.63. The minimum atomic E-state index is -3.56. The first kappa shape index (κ1) is 20.9. The molecule has 3 aromatic carbocycles. The van der Waals surface area contributed by atoms with Crippen molar-refractivity contribution in [3.8, 4) is 5.75 Å². The van der Waals surface area contributed by atoms with Gasteiger partial charge in [0, 0.05) is 18.2 Å². The van der Waals surface area contributed by atoms with Crippen molar-refractivity contribution in [1.82, 2.24) is 4.90 Å². The molecular formula is C23H25NO4S. The standard InChI is InChI=1S/C23H25NO4S/c1-4-29(26,27)28-20-14-12-18(13-15-20)16-24(17(2)3)23(25)22-11-7-9-19-8-5-6-10-21(19)22/h5-15,17H,4,16H2,1-3H3. The second-order valence-corrected chi connectivity index (χ2v) is 8.99. The first-order valence-corrected chi connectivity index (χ1v) is 11.2. The summed E-state index contributed by atoms with van der Waals surface area (Å²) in [5.41, 5.74) is 1.57. The van der Waals surface area contributed by atoms with Crippen LogP contribution in [0.4, 0.5) is 0 Å². The van der Waals surface area contributed by atoms with Crippen molar-refractivity contribution in [3.05, 3.63) is 77.9 Å². The molecule has 0 aromatic heterocycles. The van der Waals surface area contributed by atoms with Crippen LogP contribution in [0.5, 0.6) is 5.75 Å². The zero-order chi connectivity index (χ0) is 21.0. The molecule has 3 aromatic rings. The van der Waals surface area contributed by atoms with Crippen LogP contribution in [-0.4, -0.2) is 31.0 Å². The van der Waals surface area contributed by atoms with Crippen molar-refractivity contribution in [2.45, 2.75) is 33.4 Å². The van der Waals surface area contributed by atoms with E-state index in [0.717, 1.165) is 16.3 Å². The minimum absolute atomic E-state index is 0.00198. The Morgan fingerprint density at radius 3 is 2.28 bits per heavy atom. The fraction of sp³-hybridized carbons (Fsp3) is 0.261. The highest BCUT2D eigenvalue weighted by molar-refractivity contribution is 7.87. The van der Waals surface area contributed by atoms with E-state index in [2.05, 4.69) is 0 Å². The third-order valence-electron chi connectivity index (χ3n) is 4.76.